The molecule has 0 bridgehead atoms. The van der Waals surface area contributed by atoms with Crippen LogP contribution in [0.4, 0.5) is 0 Å². The highest BCUT2D eigenvalue weighted by atomic mass is 16.5. The van der Waals surface area contributed by atoms with Gasteiger partial charge in [-0.2, -0.15) is 0 Å². The van der Waals surface area contributed by atoms with Gasteiger partial charge in [-0.3, -0.25) is 9.59 Å². The summed E-state index contributed by atoms with van der Waals surface area (Å²) in [5.74, 6) is -2.26. The molecule has 0 aromatic carbocycles. The minimum absolute atomic E-state index is 0.137. The predicted molar refractivity (Wildman–Crippen MR) is 67.4 cm³/mol. The molecule has 19 heavy (non-hydrogen) atoms. The summed E-state index contributed by atoms with van der Waals surface area (Å²) in [5.41, 5.74) is 0. The topological polar surface area (TPSA) is 92.7 Å². The van der Waals surface area contributed by atoms with Crippen molar-refractivity contribution in [2.24, 2.45) is 5.92 Å². The van der Waals surface area contributed by atoms with E-state index in [9.17, 15) is 14.4 Å². The molecule has 1 amide bonds. The van der Waals surface area contributed by atoms with Crippen LogP contribution in [0.1, 0.15) is 44.9 Å². The van der Waals surface area contributed by atoms with Crippen LogP contribution < -0.4 is 5.32 Å². The van der Waals surface area contributed by atoms with Crippen LogP contribution in [-0.2, 0) is 19.1 Å². The number of hydrogen-bond acceptors (Lipinski definition) is 4. The van der Waals surface area contributed by atoms with Crippen molar-refractivity contribution in [3.05, 3.63) is 0 Å². The maximum atomic E-state index is 12.0. The molecule has 1 aliphatic carbocycles. The van der Waals surface area contributed by atoms with Crippen molar-refractivity contribution >= 4 is 17.8 Å². The van der Waals surface area contributed by atoms with E-state index in [0.717, 1.165) is 38.5 Å². The van der Waals surface area contributed by atoms with Gasteiger partial charge in [-0.05, 0) is 12.8 Å². The maximum Gasteiger partial charge on any atom is 0.326 e. The molecule has 0 saturated heterocycles. The molecule has 6 nitrogen and oxygen atoms in total. The van der Waals surface area contributed by atoms with Gasteiger partial charge in [0.1, 0.15) is 6.04 Å². The van der Waals surface area contributed by atoms with Gasteiger partial charge in [0.05, 0.1) is 13.5 Å². The van der Waals surface area contributed by atoms with Crippen molar-refractivity contribution < 1.29 is 24.2 Å². The molecule has 0 aromatic heterocycles. The summed E-state index contributed by atoms with van der Waals surface area (Å²) >= 11 is 0. The normalized spacial score (nSPS) is 18.2. The molecule has 0 spiro atoms. The van der Waals surface area contributed by atoms with Gasteiger partial charge in [-0.1, -0.05) is 25.7 Å². The third-order valence-corrected chi connectivity index (χ3v) is 3.44. The fourth-order valence-corrected chi connectivity index (χ4v) is 2.28. The van der Waals surface area contributed by atoms with E-state index >= 15 is 0 Å². The molecular formula is C13H21NO5. The molecule has 6 heteroatoms. The van der Waals surface area contributed by atoms with E-state index in [-0.39, 0.29) is 18.2 Å². The Hall–Kier alpha value is -1.59. The number of rotatable bonds is 5. The van der Waals surface area contributed by atoms with E-state index in [1.807, 2.05) is 0 Å². The molecule has 0 aliphatic heterocycles. The highest BCUT2D eigenvalue weighted by Gasteiger charge is 2.27. The predicted octanol–water partition coefficient (Wildman–Crippen LogP) is 1.09. The number of nitrogens with one attached hydrogen (secondary N) is 1. The lowest BCUT2D eigenvalue weighted by Crippen LogP contribution is -2.44. The summed E-state index contributed by atoms with van der Waals surface area (Å²) in [6.45, 7) is 0. The van der Waals surface area contributed by atoms with Crippen LogP contribution in [0.25, 0.3) is 0 Å². The van der Waals surface area contributed by atoms with Crippen LogP contribution in [0, 0.1) is 5.92 Å². The van der Waals surface area contributed by atoms with Crippen LogP contribution in [0.15, 0.2) is 0 Å². The summed E-state index contributed by atoms with van der Waals surface area (Å²) in [4.78, 5) is 34.1. The number of esters is 1. The van der Waals surface area contributed by atoms with Crippen LogP contribution in [0.3, 0.4) is 0 Å². The molecule has 1 atom stereocenters. The lowest BCUT2D eigenvalue weighted by molar-refractivity contribution is -0.149. The Labute approximate surface area is 112 Å². The summed E-state index contributed by atoms with van der Waals surface area (Å²) in [7, 11) is 1.19. The van der Waals surface area contributed by atoms with Gasteiger partial charge >= 0.3 is 11.9 Å². The summed E-state index contributed by atoms with van der Waals surface area (Å²) < 4.78 is 4.42. The first kappa shape index (κ1) is 15.5. The number of carboxylic acid groups (broad SMARTS) is 1. The van der Waals surface area contributed by atoms with Crippen molar-refractivity contribution in [2.45, 2.75) is 51.0 Å². The van der Waals surface area contributed by atoms with Crippen LogP contribution in [-0.4, -0.2) is 36.1 Å². The van der Waals surface area contributed by atoms with Crippen molar-refractivity contribution in [2.75, 3.05) is 7.11 Å². The molecule has 1 aliphatic rings. The number of amides is 1. The van der Waals surface area contributed by atoms with E-state index in [1.54, 1.807) is 0 Å². The van der Waals surface area contributed by atoms with Crippen molar-refractivity contribution in [1.29, 1.82) is 0 Å². The number of hydrogen-bond donors (Lipinski definition) is 2. The largest absolute Gasteiger partial charge is 0.480 e. The van der Waals surface area contributed by atoms with E-state index in [0.29, 0.717) is 0 Å². The average molecular weight is 271 g/mol. The highest BCUT2D eigenvalue weighted by Crippen LogP contribution is 2.23. The molecule has 2 N–H and O–H groups in total. The molecule has 0 unspecified atom stereocenters. The first-order chi connectivity index (χ1) is 9.04. The Morgan fingerprint density at radius 1 is 1.21 bits per heavy atom. The molecule has 0 radical (unpaired) electrons. The third-order valence-electron chi connectivity index (χ3n) is 3.44. The number of aliphatic carboxylic acids is 1. The van der Waals surface area contributed by atoms with Gasteiger partial charge in [0.15, 0.2) is 0 Å². The Kier molecular flexibility index (Phi) is 6.32. The summed E-state index contributed by atoms with van der Waals surface area (Å²) in [6.07, 6.45) is 5.46. The van der Waals surface area contributed by atoms with Crippen molar-refractivity contribution in [3.8, 4) is 0 Å². The Morgan fingerprint density at radius 2 is 1.79 bits per heavy atom. The molecule has 1 fully saturated rings. The van der Waals surface area contributed by atoms with Crippen molar-refractivity contribution in [3.63, 3.8) is 0 Å². The summed E-state index contributed by atoms with van der Waals surface area (Å²) in [6, 6.07) is -1.21. The number of carbonyl (C=O) groups is 3. The minimum atomic E-state index is -1.22. The van der Waals surface area contributed by atoms with E-state index in [2.05, 4.69) is 10.1 Å². The lowest BCUT2D eigenvalue weighted by atomic mass is 9.99. The monoisotopic (exact) mass is 271 g/mol. The molecule has 108 valence electrons. The van der Waals surface area contributed by atoms with Gasteiger partial charge in [-0.25, -0.2) is 4.79 Å². The highest BCUT2D eigenvalue weighted by molar-refractivity contribution is 5.88. The number of methoxy groups -OCH3 is 1. The lowest BCUT2D eigenvalue weighted by Gasteiger charge is -2.18. The zero-order chi connectivity index (χ0) is 14.3. The first-order valence-corrected chi connectivity index (χ1v) is 6.64. The molecule has 1 rings (SSSR count). The molecule has 0 heterocycles. The molecule has 0 aromatic rings. The zero-order valence-electron chi connectivity index (χ0n) is 11.2. The van der Waals surface area contributed by atoms with Gasteiger partial charge < -0.3 is 15.2 Å². The summed E-state index contributed by atoms with van der Waals surface area (Å²) in [5, 5.41) is 11.4. The van der Waals surface area contributed by atoms with E-state index < -0.39 is 18.0 Å². The van der Waals surface area contributed by atoms with Crippen molar-refractivity contribution in [1.82, 2.24) is 5.32 Å². The van der Waals surface area contributed by atoms with E-state index in [1.165, 1.54) is 7.11 Å². The van der Waals surface area contributed by atoms with Gasteiger partial charge in [0.2, 0.25) is 5.91 Å². The van der Waals surface area contributed by atoms with Crippen LogP contribution in [0.5, 0.6) is 0 Å². The maximum absolute atomic E-state index is 12.0. The second-order valence-corrected chi connectivity index (χ2v) is 4.87. The fraction of sp³-hybridized carbons (Fsp3) is 0.769. The standard InChI is InChI=1S/C13H21NO5/c1-19-11(15)8-10(13(17)18)14-12(16)9-6-4-2-3-5-7-9/h9-10H,2-8H2,1H3,(H,14,16)(H,17,18)/t10-/m0/s1. The minimum Gasteiger partial charge on any atom is -0.480 e. The first-order valence-electron chi connectivity index (χ1n) is 6.64. The van der Waals surface area contributed by atoms with Gasteiger partial charge in [-0.15, -0.1) is 0 Å². The average Bonchev–Trinajstić information content (AvgIpc) is 2.66. The second kappa shape index (κ2) is 7.76. The van der Waals surface area contributed by atoms with Crippen LogP contribution >= 0.6 is 0 Å². The van der Waals surface area contributed by atoms with E-state index in [4.69, 9.17) is 5.11 Å². The zero-order valence-corrected chi connectivity index (χ0v) is 11.2. The smallest absolute Gasteiger partial charge is 0.326 e. The Balaban J connectivity index is 2.54. The quantitative estimate of drug-likeness (QED) is 0.576. The third kappa shape index (κ3) is 5.28. The van der Waals surface area contributed by atoms with Gasteiger partial charge in [0.25, 0.3) is 0 Å². The number of carbonyl (C=O) groups excluding carboxylic acids is 2. The SMILES string of the molecule is COC(=O)C[C@H](NC(=O)C1CCCCCC1)C(=O)O. The number of carboxylic acids is 1. The van der Waals surface area contributed by atoms with Gasteiger partial charge in [0, 0.05) is 5.92 Å². The second-order valence-electron chi connectivity index (χ2n) is 4.87. The molecule has 1 saturated carbocycles. The van der Waals surface area contributed by atoms with Crippen LogP contribution in [0.2, 0.25) is 0 Å². The Bertz CT molecular complexity index is 334. The molecular weight excluding hydrogens is 250 g/mol. The fourth-order valence-electron chi connectivity index (χ4n) is 2.28. The Morgan fingerprint density at radius 3 is 2.26 bits per heavy atom. The number of ether oxygens (including phenoxy) is 1.